The van der Waals surface area contributed by atoms with E-state index in [0.717, 1.165) is 10.1 Å². The fraction of sp³-hybridized carbons (Fsp3) is 0.261. The van der Waals surface area contributed by atoms with Crippen LogP contribution in [0.3, 0.4) is 0 Å². The number of hydrogen-bond acceptors (Lipinski definition) is 6. The number of carbonyl (C=O) groups is 3. The molecule has 0 bridgehead atoms. The van der Waals surface area contributed by atoms with Crippen molar-refractivity contribution in [3.05, 3.63) is 70.3 Å². The number of aryl methyl sites for hydroxylation is 1. The molecule has 2 aromatic carbocycles. The monoisotopic (exact) mass is 435 g/mol. The van der Waals surface area contributed by atoms with Gasteiger partial charge in [-0.3, -0.25) is 29.1 Å². The van der Waals surface area contributed by atoms with Crippen LogP contribution in [-0.4, -0.2) is 33.9 Å². The Balaban J connectivity index is 1.55. The molecule has 1 fully saturated rings. The van der Waals surface area contributed by atoms with Crippen LogP contribution in [0.4, 0.5) is 5.69 Å². The molecule has 2 N–H and O–H groups in total. The van der Waals surface area contributed by atoms with Crippen LogP contribution in [0.5, 0.6) is 0 Å². The number of carbonyl (C=O) groups excluding carboxylic acids is 3. The first-order valence-corrected chi connectivity index (χ1v) is 10.1. The maximum absolute atomic E-state index is 13.2. The maximum Gasteiger partial charge on any atom is 0.262 e. The SMILES string of the molecule is [2H][C@]1(n2c(C)nc3ccc(NC(=O)COCc4ccccc4)cc3c2=O)CCC(=O)NC1=O. The minimum absolute atomic E-state index is 0.0573. The van der Waals surface area contributed by atoms with Gasteiger partial charge in [0.25, 0.3) is 5.56 Å². The van der Waals surface area contributed by atoms with Crippen molar-refractivity contribution in [1.29, 1.82) is 0 Å². The van der Waals surface area contributed by atoms with Gasteiger partial charge in [0.05, 0.1) is 18.9 Å². The molecule has 1 aromatic heterocycles. The maximum atomic E-state index is 13.2. The Hall–Kier alpha value is -3.85. The number of fused-ring (bicyclic) bond motifs is 1. The second-order valence-corrected chi connectivity index (χ2v) is 7.38. The molecule has 1 aliphatic rings. The van der Waals surface area contributed by atoms with Crippen molar-refractivity contribution in [2.45, 2.75) is 32.4 Å². The molecule has 3 amide bonds. The molecular formula is C23H22N4O5. The molecule has 32 heavy (non-hydrogen) atoms. The summed E-state index contributed by atoms with van der Waals surface area (Å²) in [7, 11) is 0. The average molecular weight is 435 g/mol. The summed E-state index contributed by atoms with van der Waals surface area (Å²) in [6.07, 6.45) is -0.195. The molecule has 0 radical (unpaired) electrons. The second kappa shape index (κ2) is 9.11. The summed E-state index contributed by atoms with van der Waals surface area (Å²) in [5, 5.41) is 4.93. The zero-order chi connectivity index (χ0) is 23.6. The smallest absolute Gasteiger partial charge is 0.262 e. The minimum Gasteiger partial charge on any atom is -0.367 e. The molecule has 9 heteroatoms. The van der Waals surface area contributed by atoms with Gasteiger partial charge in [-0.25, -0.2) is 4.98 Å². The largest absolute Gasteiger partial charge is 0.367 e. The zero-order valence-corrected chi connectivity index (χ0v) is 17.4. The number of piperidine rings is 1. The van der Waals surface area contributed by atoms with Gasteiger partial charge >= 0.3 is 0 Å². The summed E-state index contributed by atoms with van der Waals surface area (Å²) in [6.45, 7) is 1.64. The van der Waals surface area contributed by atoms with Crippen LogP contribution in [0.1, 0.15) is 31.6 Å². The van der Waals surface area contributed by atoms with Crippen molar-refractivity contribution in [1.82, 2.24) is 14.9 Å². The van der Waals surface area contributed by atoms with Gasteiger partial charge in [-0.05, 0) is 37.1 Å². The highest BCUT2D eigenvalue weighted by molar-refractivity contribution is 5.99. The number of ether oxygens (including phenoxy) is 1. The first-order chi connectivity index (χ1) is 15.8. The Labute approximate surface area is 184 Å². The van der Waals surface area contributed by atoms with E-state index in [1.54, 1.807) is 12.1 Å². The molecule has 1 aliphatic heterocycles. The van der Waals surface area contributed by atoms with Crippen molar-refractivity contribution in [2.75, 3.05) is 11.9 Å². The number of rotatable bonds is 6. The molecule has 0 unspecified atom stereocenters. The first-order valence-electron chi connectivity index (χ1n) is 10.6. The summed E-state index contributed by atoms with van der Waals surface area (Å²) in [5.74, 6) is -1.57. The molecule has 9 nitrogen and oxygen atoms in total. The number of amides is 3. The number of hydrogen-bond donors (Lipinski definition) is 2. The lowest BCUT2D eigenvalue weighted by molar-refractivity contribution is -0.135. The molecule has 164 valence electrons. The molecular weight excluding hydrogens is 412 g/mol. The highest BCUT2D eigenvalue weighted by Gasteiger charge is 2.30. The van der Waals surface area contributed by atoms with Crippen LogP contribution >= 0.6 is 0 Å². The predicted molar refractivity (Wildman–Crippen MR) is 117 cm³/mol. The normalized spacial score (nSPS) is 18.8. The van der Waals surface area contributed by atoms with Crippen molar-refractivity contribution < 1.29 is 20.5 Å². The van der Waals surface area contributed by atoms with E-state index in [-0.39, 0.29) is 37.3 Å². The predicted octanol–water partition coefficient (Wildman–Crippen LogP) is 1.84. The average Bonchev–Trinajstić information content (AvgIpc) is 2.78. The second-order valence-electron chi connectivity index (χ2n) is 7.38. The summed E-state index contributed by atoms with van der Waals surface area (Å²) in [6, 6.07) is 12.1. The topological polar surface area (TPSA) is 119 Å². The van der Waals surface area contributed by atoms with Crippen LogP contribution in [0.25, 0.3) is 10.9 Å². The molecule has 2 heterocycles. The van der Waals surface area contributed by atoms with E-state index in [0.29, 0.717) is 11.2 Å². The lowest BCUT2D eigenvalue weighted by Crippen LogP contribution is -2.45. The van der Waals surface area contributed by atoms with Crippen molar-refractivity contribution in [3.8, 4) is 0 Å². The van der Waals surface area contributed by atoms with E-state index in [9.17, 15) is 19.2 Å². The standard InChI is InChI=1S/C23H22N4O5/c1-14-24-18-8-7-16(25-21(29)13-32-12-15-5-3-2-4-6-15)11-17(18)23(31)27(14)19-9-10-20(28)26-22(19)30/h2-8,11,19H,9-10,12-13H2,1H3,(H,25,29)(H,26,28,30)/t19-/m0/s1/i19D. The summed E-state index contributed by atoms with van der Waals surface area (Å²) >= 11 is 0. The minimum atomic E-state index is -1.99. The Morgan fingerprint density at radius 3 is 2.78 bits per heavy atom. The molecule has 1 atom stereocenters. The Kier molecular flexibility index (Phi) is 5.71. The number of anilines is 1. The summed E-state index contributed by atoms with van der Waals surface area (Å²) in [5.41, 5.74) is 1.06. The number of benzene rings is 2. The van der Waals surface area contributed by atoms with E-state index in [1.165, 1.54) is 13.0 Å². The lowest BCUT2D eigenvalue weighted by Gasteiger charge is -2.24. The van der Waals surface area contributed by atoms with Gasteiger partial charge in [-0.1, -0.05) is 30.3 Å². The van der Waals surface area contributed by atoms with Gasteiger partial charge < -0.3 is 10.1 Å². The van der Waals surface area contributed by atoms with Gasteiger partial charge in [0, 0.05) is 12.1 Å². The zero-order valence-electron chi connectivity index (χ0n) is 18.4. The number of nitrogens with one attached hydrogen (secondary N) is 2. The van der Waals surface area contributed by atoms with Gasteiger partial charge in [-0.2, -0.15) is 0 Å². The van der Waals surface area contributed by atoms with Crippen molar-refractivity contribution >= 4 is 34.3 Å². The lowest BCUT2D eigenvalue weighted by atomic mass is 10.1. The Morgan fingerprint density at radius 1 is 1.25 bits per heavy atom. The first kappa shape index (κ1) is 20.1. The highest BCUT2D eigenvalue weighted by Crippen LogP contribution is 2.21. The van der Waals surface area contributed by atoms with E-state index in [2.05, 4.69) is 15.6 Å². The summed E-state index contributed by atoms with van der Waals surface area (Å²) in [4.78, 5) is 53.8. The van der Waals surface area contributed by atoms with Gasteiger partial charge in [0.15, 0.2) is 0 Å². The molecule has 0 saturated carbocycles. The van der Waals surface area contributed by atoms with Crippen LogP contribution in [0.15, 0.2) is 53.3 Å². The van der Waals surface area contributed by atoms with Crippen molar-refractivity contribution in [3.63, 3.8) is 0 Å². The fourth-order valence-electron chi connectivity index (χ4n) is 3.55. The van der Waals surface area contributed by atoms with E-state index < -0.39 is 29.3 Å². The molecule has 1 saturated heterocycles. The Morgan fingerprint density at radius 2 is 2.03 bits per heavy atom. The van der Waals surface area contributed by atoms with E-state index in [4.69, 9.17) is 6.11 Å². The Bertz CT molecular complexity index is 1310. The molecule has 0 spiro atoms. The van der Waals surface area contributed by atoms with E-state index in [1.807, 2.05) is 30.3 Å². The van der Waals surface area contributed by atoms with E-state index >= 15 is 0 Å². The van der Waals surface area contributed by atoms with Crippen LogP contribution in [0, 0.1) is 6.92 Å². The number of aromatic nitrogens is 2. The highest BCUT2D eigenvalue weighted by atomic mass is 16.5. The van der Waals surface area contributed by atoms with Crippen LogP contribution in [-0.2, 0) is 25.7 Å². The molecule has 3 aromatic rings. The number of imide groups is 1. The quantitative estimate of drug-likeness (QED) is 0.570. The van der Waals surface area contributed by atoms with Crippen molar-refractivity contribution in [2.24, 2.45) is 0 Å². The van der Waals surface area contributed by atoms with Gasteiger partial charge in [-0.15, -0.1) is 0 Å². The third-order valence-electron chi connectivity index (χ3n) is 5.04. The van der Waals surface area contributed by atoms with Gasteiger partial charge in [0.1, 0.15) is 18.4 Å². The summed E-state index contributed by atoms with van der Waals surface area (Å²) < 4.78 is 15.0. The number of nitrogens with zero attached hydrogens (tertiary/aromatic N) is 2. The third-order valence-corrected chi connectivity index (χ3v) is 5.04. The van der Waals surface area contributed by atoms with Gasteiger partial charge in [0.2, 0.25) is 17.7 Å². The third kappa shape index (κ3) is 4.57. The van der Waals surface area contributed by atoms with Crippen LogP contribution in [0.2, 0.25) is 0 Å². The molecule has 4 rings (SSSR count). The fourth-order valence-corrected chi connectivity index (χ4v) is 3.55. The molecule has 0 aliphatic carbocycles. The van der Waals surface area contributed by atoms with Crippen LogP contribution < -0.4 is 16.2 Å².